The van der Waals surface area contributed by atoms with E-state index in [0.29, 0.717) is 0 Å². The molecular formula is C16H26O2. The molecule has 0 fully saturated rings. The van der Waals surface area contributed by atoms with Gasteiger partial charge < -0.3 is 10.2 Å². The molecule has 0 aliphatic rings. The van der Waals surface area contributed by atoms with E-state index in [2.05, 4.69) is 27.7 Å². The van der Waals surface area contributed by atoms with E-state index in [9.17, 15) is 0 Å². The third-order valence-electron chi connectivity index (χ3n) is 4.11. The van der Waals surface area contributed by atoms with E-state index in [-0.39, 0.29) is 13.2 Å². The molecule has 18 heavy (non-hydrogen) atoms. The van der Waals surface area contributed by atoms with Crippen LogP contribution < -0.4 is 0 Å². The molecule has 0 radical (unpaired) electrons. The van der Waals surface area contributed by atoms with Gasteiger partial charge in [0.25, 0.3) is 0 Å². The van der Waals surface area contributed by atoms with E-state index in [1.807, 2.05) is 0 Å². The van der Waals surface area contributed by atoms with Gasteiger partial charge >= 0.3 is 0 Å². The van der Waals surface area contributed by atoms with E-state index >= 15 is 0 Å². The van der Waals surface area contributed by atoms with Crippen LogP contribution in [0, 0.1) is 27.7 Å². The summed E-state index contributed by atoms with van der Waals surface area (Å²) in [6.45, 7) is 9.22. The highest BCUT2D eigenvalue weighted by molar-refractivity contribution is 5.50. The Morgan fingerprint density at radius 2 is 0.889 bits per heavy atom. The van der Waals surface area contributed by atoms with Crippen LogP contribution in [0.15, 0.2) is 0 Å². The molecule has 0 aliphatic heterocycles. The lowest BCUT2D eigenvalue weighted by atomic mass is 9.85. The van der Waals surface area contributed by atoms with Crippen molar-refractivity contribution in [1.29, 1.82) is 0 Å². The first-order valence-corrected chi connectivity index (χ1v) is 6.84. The quantitative estimate of drug-likeness (QED) is 0.815. The third kappa shape index (κ3) is 3.12. The monoisotopic (exact) mass is 250 g/mol. The molecule has 0 saturated heterocycles. The van der Waals surface area contributed by atoms with E-state index < -0.39 is 0 Å². The van der Waals surface area contributed by atoms with Crippen LogP contribution in [-0.2, 0) is 12.8 Å². The van der Waals surface area contributed by atoms with Gasteiger partial charge in [0, 0.05) is 13.2 Å². The summed E-state index contributed by atoms with van der Waals surface area (Å²) in [5.74, 6) is 0. The zero-order chi connectivity index (χ0) is 13.7. The van der Waals surface area contributed by atoms with Crippen molar-refractivity contribution in [3.63, 3.8) is 0 Å². The van der Waals surface area contributed by atoms with E-state index in [1.165, 1.54) is 33.4 Å². The lowest BCUT2D eigenvalue weighted by Gasteiger charge is -2.20. The maximum absolute atomic E-state index is 8.99. The average molecular weight is 250 g/mol. The Labute approximate surface area is 111 Å². The Kier molecular flexibility index (Phi) is 5.83. The van der Waals surface area contributed by atoms with Crippen molar-refractivity contribution in [2.24, 2.45) is 0 Å². The normalized spacial score (nSPS) is 11.0. The molecule has 2 heteroatoms. The second-order valence-electron chi connectivity index (χ2n) is 5.11. The van der Waals surface area contributed by atoms with E-state index in [4.69, 9.17) is 10.2 Å². The summed E-state index contributed by atoms with van der Waals surface area (Å²) in [6.07, 6.45) is 3.57. The molecule has 0 unspecified atom stereocenters. The van der Waals surface area contributed by atoms with Crippen LogP contribution >= 0.6 is 0 Å². The Morgan fingerprint density at radius 3 is 1.11 bits per heavy atom. The summed E-state index contributed by atoms with van der Waals surface area (Å²) in [6, 6.07) is 0. The second kappa shape index (κ2) is 6.91. The molecule has 0 heterocycles. The van der Waals surface area contributed by atoms with Gasteiger partial charge in [-0.3, -0.25) is 0 Å². The summed E-state index contributed by atoms with van der Waals surface area (Å²) in [5.41, 5.74) is 8.23. The van der Waals surface area contributed by atoms with E-state index in [0.717, 1.165) is 25.7 Å². The minimum Gasteiger partial charge on any atom is -0.396 e. The van der Waals surface area contributed by atoms with Gasteiger partial charge in [-0.1, -0.05) is 0 Å². The summed E-state index contributed by atoms with van der Waals surface area (Å²) < 4.78 is 0. The molecular weight excluding hydrogens is 224 g/mol. The third-order valence-corrected chi connectivity index (χ3v) is 4.11. The summed E-state index contributed by atoms with van der Waals surface area (Å²) in [4.78, 5) is 0. The highest BCUT2D eigenvalue weighted by Crippen LogP contribution is 2.28. The molecule has 0 bridgehead atoms. The van der Waals surface area contributed by atoms with Gasteiger partial charge in [0.15, 0.2) is 0 Å². The fraction of sp³-hybridized carbons (Fsp3) is 0.625. The smallest absolute Gasteiger partial charge is 0.0434 e. The number of benzene rings is 1. The second-order valence-corrected chi connectivity index (χ2v) is 5.11. The summed E-state index contributed by atoms with van der Waals surface area (Å²) in [5, 5.41) is 18.0. The molecule has 0 aromatic heterocycles. The predicted octanol–water partition coefficient (Wildman–Crippen LogP) is 2.77. The summed E-state index contributed by atoms with van der Waals surface area (Å²) >= 11 is 0. The predicted molar refractivity (Wildman–Crippen MR) is 76.2 cm³/mol. The van der Waals surface area contributed by atoms with Gasteiger partial charge in [-0.25, -0.2) is 0 Å². The van der Waals surface area contributed by atoms with Crippen molar-refractivity contribution in [3.05, 3.63) is 33.4 Å². The fourth-order valence-corrected chi connectivity index (χ4v) is 2.73. The first-order valence-electron chi connectivity index (χ1n) is 6.84. The van der Waals surface area contributed by atoms with Gasteiger partial charge in [-0.05, 0) is 86.8 Å². The van der Waals surface area contributed by atoms with Crippen molar-refractivity contribution in [2.45, 2.75) is 53.4 Å². The van der Waals surface area contributed by atoms with Gasteiger partial charge in [-0.2, -0.15) is 0 Å². The molecule has 1 rings (SSSR count). The minimum absolute atomic E-state index is 0.253. The van der Waals surface area contributed by atoms with Crippen molar-refractivity contribution in [3.8, 4) is 0 Å². The van der Waals surface area contributed by atoms with Crippen LogP contribution in [0.1, 0.15) is 46.2 Å². The Balaban J connectivity index is 3.18. The maximum atomic E-state index is 8.99. The fourth-order valence-electron chi connectivity index (χ4n) is 2.73. The standard InChI is InChI=1S/C16H26O2/c1-11-12(2)16(8-6-10-18)14(4)13(3)15(11)7-5-9-17/h17-18H,5-10H2,1-4H3. The summed E-state index contributed by atoms with van der Waals surface area (Å²) in [7, 11) is 0. The first-order chi connectivity index (χ1) is 8.54. The molecule has 0 spiro atoms. The van der Waals surface area contributed by atoms with Crippen LogP contribution in [0.5, 0.6) is 0 Å². The number of aliphatic hydroxyl groups is 2. The van der Waals surface area contributed by atoms with Crippen molar-refractivity contribution in [2.75, 3.05) is 13.2 Å². The van der Waals surface area contributed by atoms with Crippen LogP contribution in [-0.4, -0.2) is 23.4 Å². The van der Waals surface area contributed by atoms with Crippen LogP contribution in [0.4, 0.5) is 0 Å². The van der Waals surface area contributed by atoms with Crippen LogP contribution in [0.25, 0.3) is 0 Å². The van der Waals surface area contributed by atoms with Gasteiger partial charge in [0.1, 0.15) is 0 Å². The van der Waals surface area contributed by atoms with Gasteiger partial charge in [0.05, 0.1) is 0 Å². The zero-order valence-corrected chi connectivity index (χ0v) is 12.1. The topological polar surface area (TPSA) is 40.5 Å². The maximum Gasteiger partial charge on any atom is 0.0434 e. The Hall–Kier alpha value is -0.860. The zero-order valence-electron chi connectivity index (χ0n) is 12.1. The SMILES string of the molecule is Cc1c(C)c(CCCO)c(C)c(C)c1CCCO. The highest BCUT2D eigenvalue weighted by Gasteiger charge is 2.13. The Bertz CT molecular complexity index is 340. The largest absolute Gasteiger partial charge is 0.396 e. The highest BCUT2D eigenvalue weighted by atomic mass is 16.3. The van der Waals surface area contributed by atoms with E-state index in [1.54, 1.807) is 0 Å². The molecule has 1 aromatic rings. The first kappa shape index (κ1) is 15.2. The van der Waals surface area contributed by atoms with Crippen LogP contribution in [0.2, 0.25) is 0 Å². The van der Waals surface area contributed by atoms with Crippen molar-refractivity contribution in [1.82, 2.24) is 0 Å². The molecule has 0 atom stereocenters. The lowest BCUT2D eigenvalue weighted by molar-refractivity contribution is 0.287. The van der Waals surface area contributed by atoms with Crippen molar-refractivity contribution < 1.29 is 10.2 Å². The molecule has 2 nitrogen and oxygen atoms in total. The molecule has 0 saturated carbocycles. The van der Waals surface area contributed by atoms with Crippen molar-refractivity contribution >= 4 is 0 Å². The van der Waals surface area contributed by atoms with Gasteiger partial charge in [0.2, 0.25) is 0 Å². The van der Waals surface area contributed by atoms with Crippen LogP contribution in [0.3, 0.4) is 0 Å². The number of rotatable bonds is 6. The lowest BCUT2D eigenvalue weighted by Crippen LogP contribution is -2.07. The molecule has 102 valence electrons. The van der Waals surface area contributed by atoms with Gasteiger partial charge in [-0.15, -0.1) is 0 Å². The Morgan fingerprint density at radius 1 is 0.611 bits per heavy atom. The number of hydrogen-bond donors (Lipinski definition) is 2. The molecule has 0 aliphatic carbocycles. The average Bonchev–Trinajstić information content (AvgIpc) is 2.37. The minimum atomic E-state index is 0.253. The molecule has 0 amide bonds. The number of aliphatic hydroxyl groups excluding tert-OH is 2. The molecule has 1 aromatic carbocycles. The molecule has 2 N–H and O–H groups in total. The number of hydrogen-bond acceptors (Lipinski definition) is 2.